The van der Waals surface area contributed by atoms with Crippen LogP contribution < -0.4 is 5.32 Å². The molecular weight excluding hydrogens is 224 g/mol. The summed E-state index contributed by atoms with van der Waals surface area (Å²) in [5, 5.41) is 3.47. The Labute approximate surface area is 111 Å². The normalized spacial score (nSPS) is 41.1. The zero-order valence-electron chi connectivity index (χ0n) is 12.4. The zero-order chi connectivity index (χ0) is 13.4. The minimum Gasteiger partial charge on any atom is -0.323 e. The maximum atomic E-state index is 12.6. The highest BCUT2D eigenvalue weighted by Gasteiger charge is 2.44. The van der Waals surface area contributed by atoms with E-state index in [0.29, 0.717) is 23.8 Å². The van der Waals surface area contributed by atoms with E-state index in [9.17, 15) is 4.79 Å². The Morgan fingerprint density at radius 2 is 1.94 bits per heavy atom. The van der Waals surface area contributed by atoms with Crippen molar-refractivity contribution in [3.8, 4) is 0 Å². The molecule has 0 aromatic heterocycles. The van der Waals surface area contributed by atoms with Crippen LogP contribution in [0, 0.1) is 17.8 Å². The predicted octanol–water partition coefficient (Wildman–Crippen LogP) is 2.61. The third-order valence-corrected chi connectivity index (χ3v) is 4.90. The number of rotatable bonds is 3. The van der Waals surface area contributed by atoms with E-state index in [1.165, 1.54) is 12.8 Å². The summed E-state index contributed by atoms with van der Waals surface area (Å²) in [6, 6.07) is 0.496. The lowest BCUT2D eigenvalue weighted by Gasteiger charge is -2.32. The van der Waals surface area contributed by atoms with Crippen molar-refractivity contribution < 1.29 is 4.79 Å². The Balaban J connectivity index is 2.07. The van der Waals surface area contributed by atoms with Crippen LogP contribution in [-0.2, 0) is 4.79 Å². The molecule has 0 aromatic carbocycles. The first-order chi connectivity index (χ1) is 8.41. The largest absolute Gasteiger partial charge is 0.323 e. The van der Waals surface area contributed by atoms with Crippen LogP contribution in [0.2, 0.25) is 0 Å². The van der Waals surface area contributed by atoms with Crippen molar-refractivity contribution in [2.45, 2.75) is 72.1 Å². The Morgan fingerprint density at radius 3 is 2.44 bits per heavy atom. The molecule has 1 aliphatic heterocycles. The van der Waals surface area contributed by atoms with Gasteiger partial charge in [-0.25, -0.2) is 0 Å². The van der Waals surface area contributed by atoms with Crippen molar-refractivity contribution in [2.24, 2.45) is 17.8 Å². The molecular formula is C15H28N2O. The molecule has 5 atom stereocenters. The fourth-order valence-corrected chi connectivity index (χ4v) is 3.64. The first-order valence-electron chi connectivity index (χ1n) is 7.50. The smallest absolute Gasteiger partial charge is 0.241 e. The molecule has 104 valence electrons. The highest BCUT2D eigenvalue weighted by Crippen LogP contribution is 2.37. The molecule has 3 heteroatoms. The highest BCUT2D eigenvalue weighted by molar-refractivity contribution is 5.84. The summed E-state index contributed by atoms with van der Waals surface area (Å²) in [6.07, 6.45) is 3.60. The Hall–Kier alpha value is -0.570. The molecule has 1 saturated heterocycles. The van der Waals surface area contributed by atoms with Crippen molar-refractivity contribution in [2.75, 3.05) is 0 Å². The van der Waals surface area contributed by atoms with Gasteiger partial charge in [0, 0.05) is 6.04 Å². The number of carbonyl (C=O) groups is 1. The van der Waals surface area contributed by atoms with Gasteiger partial charge >= 0.3 is 0 Å². The van der Waals surface area contributed by atoms with Gasteiger partial charge in [0.15, 0.2) is 0 Å². The van der Waals surface area contributed by atoms with Crippen molar-refractivity contribution in [1.29, 1.82) is 0 Å². The van der Waals surface area contributed by atoms with Gasteiger partial charge in [0.2, 0.25) is 5.91 Å². The second-order valence-electron chi connectivity index (χ2n) is 6.75. The van der Waals surface area contributed by atoms with E-state index in [1.807, 2.05) is 0 Å². The van der Waals surface area contributed by atoms with E-state index >= 15 is 0 Å². The van der Waals surface area contributed by atoms with E-state index in [2.05, 4.69) is 44.8 Å². The van der Waals surface area contributed by atoms with E-state index < -0.39 is 0 Å². The second-order valence-corrected chi connectivity index (χ2v) is 6.75. The van der Waals surface area contributed by atoms with Gasteiger partial charge in [0.1, 0.15) is 0 Å². The molecule has 0 spiro atoms. The van der Waals surface area contributed by atoms with Crippen LogP contribution in [0.3, 0.4) is 0 Å². The first kappa shape index (κ1) is 13.9. The highest BCUT2D eigenvalue weighted by atomic mass is 16.2. The zero-order valence-corrected chi connectivity index (χ0v) is 12.4. The van der Waals surface area contributed by atoms with Crippen molar-refractivity contribution in [3.63, 3.8) is 0 Å². The minimum absolute atomic E-state index is 0.0445. The molecule has 3 nitrogen and oxygen atoms in total. The molecule has 0 bridgehead atoms. The number of amides is 1. The summed E-state index contributed by atoms with van der Waals surface area (Å²) >= 11 is 0. The molecule has 18 heavy (non-hydrogen) atoms. The van der Waals surface area contributed by atoms with Crippen LogP contribution >= 0.6 is 0 Å². The van der Waals surface area contributed by atoms with Gasteiger partial charge < -0.3 is 4.90 Å². The summed E-state index contributed by atoms with van der Waals surface area (Å²) in [7, 11) is 0. The van der Waals surface area contributed by atoms with Gasteiger partial charge in [-0.1, -0.05) is 27.7 Å². The topological polar surface area (TPSA) is 32.3 Å². The number of nitrogens with one attached hydrogen (secondary N) is 1. The lowest BCUT2D eigenvalue weighted by atomic mass is 9.96. The van der Waals surface area contributed by atoms with Gasteiger partial charge in [-0.15, -0.1) is 0 Å². The molecule has 0 aromatic rings. The fourth-order valence-electron chi connectivity index (χ4n) is 3.64. The monoisotopic (exact) mass is 252 g/mol. The van der Waals surface area contributed by atoms with Crippen LogP contribution in [0.5, 0.6) is 0 Å². The van der Waals surface area contributed by atoms with Crippen LogP contribution in [0.15, 0.2) is 0 Å². The molecule has 2 aliphatic rings. The molecule has 2 fully saturated rings. The van der Waals surface area contributed by atoms with E-state index in [-0.39, 0.29) is 12.2 Å². The molecule has 0 radical (unpaired) electrons. The van der Waals surface area contributed by atoms with Gasteiger partial charge in [0.05, 0.1) is 12.2 Å². The number of carbonyl (C=O) groups excluding carboxylic acids is 1. The Kier molecular flexibility index (Phi) is 4.00. The summed E-state index contributed by atoms with van der Waals surface area (Å²) in [5.74, 6) is 2.29. The average molecular weight is 252 g/mol. The van der Waals surface area contributed by atoms with Gasteiger partial charge in [-0.05, 0) is 43.9 Å². The molecule has 1 saturated carbocycles. The third-order valence-electron chi connectivity index (χ3n) is 4.90. The van der Waals surface area contributed by atoms with Crippen molar-refractivity contribution in [1.82, 2.24) is 10.2 Å². The summed E-state index contributed by atoms with van der Waals surface area (Å²) in [5.41, 5.74) is 0. The van der Waals surface area contributed by atoms with Crippen LogP contribution in [0.4, 0.5) is 0 Å². The van der Waals surface area contributed by atoms with Crippen LogP contribution in [0.25, 0.3) is 0 Å². The van der Waals surface area contributed by atoms with Crippen molar-refractivity contribution >= 4 is 5.91 Å². The lowest BCUT2D eigenvalue weighted by molar-refractivity contribution is -0.133. The molecule has 1 N–H and O–H groups in total. The van der Waals surface area contributed by atoms with Gasteiger partial charge in [-0.2, -0.15) is 0 Å². The number of hydrogen-bond donors (Lipinski definition) is 1. The molecule has 2 rings (SSSR count). The Morgan fingerprint density at radius 1 is 1.28 bits per heavy atom. The standard InChI is InChI=1S/C15H28N2O/c1-9(2)8-13-15(18)17(12(5)16-13)14-7-6-10(3)11(14)4/h9-14,16H,6-8H2,1-5H3. The van der Waals surface area contributed by atoms with Crippen LogP contribution in [-0.4, -0.2) is 29.1 Å². The van der Waals surface area contributed by atoms with E-state index in [4.69, 9.17) is 0 Å². The molecule has 1 amide bonds. The second kappa shape index (κ2) is 5.20. The van der Waals surface area contributed by atoms with Crippen LogP contribution in [0.1, 0.15) is 53.9 Å². The van der Waals surface area contributed by atoms with Gasteiger partial charge in [0.25, 0.3) is 0 Å². The maximum absolute atomic E-state index is 12.6. The third kappa shape index (κ3) is 2.42. The minimum atomic E-state index is 0.0445. The molecule has 1 aliphatic carbocycles. The summed E-state index contributed by atoms with van der Waals surface area (Å²) in [6.45, 7) is 11.1. The number of nitrogens with zero attached hydrogens (tertiary/aromatic N) is 1. The quantitative estimate of drug-likeness (QED) is 0.837. The summed E-state index contributed by atoms with van der Waals surface area (Å²) < 4.78 is 0. The van der Waals surface area contributed by atoms with E-state index in [1.54, 1.807) is 0 Å². The predicted molar refractivity (Wildman–Crippen MR) is 74.0 cm³/mol. The maximum Gasteiger partial charge on any atom is 0.241 e. The van der Waals surface area contributed by atoms with E-state index in [0.717, 1.165) is 12.3 Å². The first-order valence-corrected chi connectivity index (χ1v) is 7.50. The average Bonchev–Trinajstić information content (AvgIpc) is 2.72. The van der Waals surface area contributed by atoms with Crippen molar-refractivity contribution in [3.05, 3.63) is 0 Å². The van der Waals surface area contributed by atoms with Gasteiger partial charge in [-0.3, -0.25) is 10.1 Å². The molecule has 5 unspecified atom stereocenters. The summed E-state index contributed by atoms with van der Waals surface area (Å²) in [4.78, 5) is 14.7. The molecule has 1 heterocycles. The number of hydrogen-bond acceptors (Lipinski definition) is 2. The SMILES string of the molecule is CC(C)CC1NC(C)N(C2CCC(C)C2C)C1=O. The lowest BCUT2D eigenvalue weighted by Crippen LogP contribution is -2.44. The fraction of sp³-hybridized carbons (Fsp3) is 0.933. The Bertz CT molecular complexity index is 316.